The molecule has 0 atom stereocenters. The lowest BCUT2D eigenvalue weighted by Gasteiger charge is -2.41. The van der Waals surface area contributed by atoms with E-state index < -0.39 is 0 Å². The Morgan fingerprint density at radius 3 is 2.93 bits per heavy atom. The summed E-state index contributed by atoms with van der Waals surface area (Å²) < 4.78 is 0.589. The largest absolute Gasteiger partial charge is 0.362 e. The number of hydrogen-bond acceptors (Lipinski definition) is 3. The van der Waals surface area contributed by atoms with Crippen molar-refractivity contribution in [2.45, 2.75) is 24.8 Å². The van der Waals surface area contributed by atoms with E-state index in [1.165, 1.54) is 12.7 Å². The van der Waals surface area contributed by atoms with Gasteiger partial charge in [-0.3, -0.25) is 4.79 Å². The van der Waals surface area contributed by atoms with E-state index in [1.54, 1.807) is 0 Å². The van der Waals surface area contributed by atoms with E-state index in [2.05, 4.69) is 15.3 Å². The molecule has 1 aliphatic carbocycles. The number of aromatic nitrogens is 2. The number of anilines is 1. The van der Waals surface area contributed by atoms with Gasteiger partial charge in [-0.1, -0.05) is 0 Å². The lowest BCUT2D eigenvalue weighted by Crippen LogP contribution is -2.47. The average molecular weight is 340 g/mol. The molecule has 0 aliphatic heterocycles. The molecule has 0 amide bonds. The predicted octanol–water partition coefficient (Wildman–Crippen LogP) is 1.95. The zero-order valence-electron chi connectivity index (χ0n) is 8.02. The van der Waals surface area contributed by atoms with Crippen LogP contribution in [0.25, 0.3) is 0 Å². The van der Waals surface area contributed by atoms with Crippen molar-refractivity contribution >= 4 is 40.0 Å². The van der Waals surface area contributed by atoms with Crippen molar-refractivity contribution in [3.8, 4) is 0 Å². The summed E-state index contributed by atoms with van der Waals surface area (Å²) in [4.78, 5) is 18.0. The van der Waals surface area contributed by atoms with Crippen molar-refractivity contribution < 1.29 is 0 Å². The minimum absolute atomic E-state index is 0.0533. The molecule has 2 N–H and O–H groups in total. The Bertz CT molecular complexity index is 411. The quantitative estimate of drug-likeness (QED) is 0.654. The summed E-state index contributed by atoms with van der Waals surface area (Å²) in [6, 6.07) is 0. The second-order valence-electron chi connectivity index (χ2n) is 3.79. The van der Waals surface area contributed by atoms with Crippen molar-refractivity contribution in [2.24, 2.45) is 0 Å². The summed E-state index contributed by atoms with van der Waals surface area (Å²) in [5, 5.41) is 3.28. The van der Waals surface area contributed by atoms with Gasteiger partial charge < -0.3 is 10.3 Å². The van der Waals surface area contributed by atoms with Gasteiger partial charge in [-0.15, -0.1) is 11.6 Å². The van der Waals surface area contributed by atoms with Gasteiger partial charge >= 0.3 is 0 Å². The maximum absolute atomic E-state index is 11.3. The Morgan fingerprint density at radius 2 is 2.40 bits per heavy atom. The first-order valence-corrected chi connectivity index (χ1v) is 6.35. The van der Waals surface area contributed by atoms with Gasteiger partial charge in [0.2, 0.25) is 0 Å². The van der Waals surface area contributed by atoms with Gasteiger partial charge in [0.05, 0.1) is 11.9 Å². The van der Waals surface area contributed by atoms with Crippen molar-refractivity contribution in [1.82, 2.24) is 9.97 Å². The Morgan fingerprint density at radius 1 is 1.67 bits per heavy atom. The summed E-state index contributed by atoms with van der Waals surface area (Å²) in [7, 11) is 0. The fourth-order valence-corrected chi connectivity index (χ4v) is 2.38. The fraction of sp³-hybridized carbons (Fsp3) is 0.556. The molecule has 1 aromatic heterocycles. The number of nitrogens with one attached hydrogen (secondary N) is 2. The van der Waals surface area contributed by atoms with Crippen LogP contribution >= 0.6 is 34.2 Å². The summed E-state index contributed by atoms with van der Waals surface area (Å²) >= 11 is 7.91. The smallest absolute Gasteiger partial charge is 0.266 e. The summed E-state index contributed by atoms with van der Waals surface area (Å²) in [6.45, 7) is 0. The predicted molar refractivity (Wildman–Crippen MR) is 68.5 cm³/mol. The van der Waals surface area contributed by atoms with Crippen LogP contribution in [0.5, 0.6) is 0 Å². The second-order valence-corrected chi connectivity index (χ2v) is 5.13. The third kappa shape index (κ3) is 2.13. The number of alkyl halides is 1. The highest BCUT2D eigenvalue weighted by molar-refractivity contribution is 14.1. The standard InChI is InChI=1S/C9H11ClIN3O/c10-4-9(2-1-3-9)14-7-6(11)8(15)13-5-12-7/h5H,1-4H2,(H2,12,13,14,15). The van der Waals surface area contributed by atoms with Crippen molar-refractivity contribution in [3.05, 3.63) is 20.3 Å². The monoisotopic (exact) mass is 339 g/mol. The van der Waals surface area contributed by atoms with Gasteiger partial charge in [0.1, 0.15) is 9.39 Å². The molecule has 0 unspecified atom stereocenters. The highest BCUT2D eigenvalue weighted by atomic mass is 127. The third-order valence-corrected chi connectivity index (χ3v) is 4.26. The summed E-state index contributed by atoms with van der Waals surface area (Å²) in [5.74, 6) is 1.19. The van der Waals surface area contributed by atoms with E-state index in [1.807, 2.05) is 22.6 Å². The van der Waals surface area contributed by atoms with Gasteiger partial charge in [0.25, 0.3) is 5.56 Å². The van der Waals surface area contributed by atoms with E-state index in [0.717, 1.165) is 12.8 Å². The van der Waals surface area contributed by atoms with E-state index in [-0.39, 0.29) is 11.1 Å². The maximum Gasteiger partial charge on any atom is 0.266 e. The lowest BCUT2D eigenvalue weighted by molar-refractivity contribution is 0.310. The third-order valence-electron chi connectivity index (χ3n) is 2.75. The van der Waals surface area contributed by atoms with Crippen LogP contribution in [0.1, 0.15) is 19.3 Å². The number of rotatable bonds is 3. The molecule has 1 fully saturated rings. The normalized spacial score (nSPS) is 18.3. The number of halogens is 2. The van der Waals surface area contributed by atoms with Crippen LogP contribution in [0.3, 0.4) is 0 Å². The SMILES string of the molecule is O=c1[nH]cnc(NC2(CCl)CCC2)c1I. The molecule has 1 saturated carbocycles. The molecule has 6 heteroatoms. The van der Waals surface area contributed by atoms with Crippen LogP contribution in [0, 0.1) is 3.57 Å². The van der Waals surface area contributed by atoms with Crippen LogP contribution in [0.4, 0.5) is 5.82 Å². The molecule has 4 nitrogen and oxygen atoms in total. The van der Waals surface area contributed by atoms with Gasteiger partial charge in [0.15, 0.2) is 0 Å². The van der Waals surface area contributed by atoms with Crippen LogP contribution in [0.2, 0.25) is 0 Å². The molecular formula is C9H11ClIN3O. The van der Waals surface area contributed by atoms with Gasteiger partial charge in [-0.05, 0) is 41.9 Å². The molecule has 0 bridgehead atoms. The number of H-pyrrole nitrogens is 1. The molecule has 1 aliphatic rings. The number of aromatic amines is 1. The molecule has 1 aromatic rings. The molecule has 82 valence electrons. The van der Waals surface area contributed by atoms with E-state index in [4.69, 9.17) is 11.6 Å². The zero-order chi connectivity index (χ0) is 10.9. The first kappa shape index (κ1) is 11.2. The molecule has 15 heavy (non-hydrogen) atoms. The van der Waals surface area contributed by atoms with Gasteiger partial charge in [-0.25, -0.2) is 4.98 Å². The molecule has 0 saturated heterocycles. The Balaban J connectivity index is 2.24. The Labute approximate surface area is 106 Å². The van der Waals surface area contributed by atoms with Crippen molar-refractivity contribution in [1.29, 1.82) is 0 Å². The van der Waals surface area contributed by atoms with Crippen molar-refractivity contribution in [3.63, 3.8) is 0 Å². The van der Waals surface area contributed by atoms with Crippen LogP contribution < -0.4 is 10.9 Å². The number of nitrogens with zero attached hydrogens (tertiary/aromatic N) is 1. The van der Waals surface area contributed by atoms with E-state index in [0.29, 0.717) is 15.3 Å². The molecule has 2 rings (SSSR count). The van der Waals surface area contributed by atoms with Crippen LogP contribution in [-0.4, -0.2) is 21.4 Å². The minimum atomic E-state index is -0.114. The van der Waals surface area contributed by atoms with Crippen molar-refractivity contribution in [2.75, 3.05) is 11.2 Å². The highest BCUT2D eigenvalue weighted by Crippen LogP contribution is 2.36. The summed E-state index contributed by atoms with van der Waals surface area (Å²) in [6.07, 6.45) is 4.68. The Kier molecular flexibility index (Phi) is 3.20. The van der Waals surface area contributed by atoms with Gasteiger partial charge in [-0.2, -0.15) is 0 Å². The first-order valence-electron chi connectivity index (χ1n) is 4.74. The molecule has 1 heterocycles. The Hall–Kier alpha value is -0.300. The van der Waals surface area contributed by atoms with E-state index >= 15 is 0 Å². The first-order chi connectivity index (χ1) is 7.17. The lowest BCUT2D eigenvalue weighted by atomic mass is 9.78. The molecule has 0 radical (unpaired) electrons. The molecular weight excluding hydrogens is 328 g/mol. The molecule has 0 spiro atoms. The minimum Gasteiger partial charge on any atom is -0.362 e. The fourth-order valence-electron chi connectivity index (χ4n) is 1.62. The summed E-state index contributed by atoms with van der Waals surface area (Å²) in [5.41, 5.74) is -0.167. The maximum atomic E-state index is 11.3. The number of hydrogen-bond donors (Lipinski definition) is 2. The highest BCUT2D eigenvalue weighted by Gasteiger charge is 2.36. The second kappa shape index (κ2) is 4.29. The zero-order valence-corrected chi connectivity index (χ0v) is 10.9. The van der Waals surface area contributed by atoms with Crippen LogP contribution in [-0.2, 0) is 0 Å². The topological polar surface area (TPSA) is 57.8 Å². The van der Waals surface area contributed by atoms with Gasteiger partial charge in [0, 0.05) is 5.88 Å². The molecule has 0 aromatic carbocycles. The average Bonchev–Trinajstić information content (AvgIpc) is 2.18. The van der Waals surface area contributed by atoms with E-state index in [9.17, 15) is 4.79 Å². The van der Waals surface area contributed by atoms with Crippen LogP contribution in [0.15, 0.2) is 11.1 Å².